The number of nitrogens with one attached hydrogen (secondary N) is 1. The predicted octanol–water partition coefficient (Wildman–Crippen LogP) is 2.47. The monoisotopic (exact) mass is 311 g/mol. The van der Waals surface area contributed by atoms with E-state index >= 15 is 0 Å². The van der Waals surface area contributed by atoms with Gasteiger partial charge in [0.05, 0.1) is 6.42 Å². The lowest BCUT2D eigenvalue weighted by Crippen LogP contribution is -2.44. The smallest absolute Gasteiger partial charge is 0.304 e. The molecule has 0 aromatic heterocycles. The van der Waals surface area contributed by atoms with Gasteiger partial charge in [-0.15, -0.1) is 0 Å². The zero-order valence-electron chi connectivity index (χ0n) is 12.4. The minimum Gasteiger partial charge on any atom is -0.481 e. The van der Waals surface area contributed by atoms with Crippen LogP contribution in [0.1, 0.15) is 32.8 Å². The predicted molar refractivity (Wildman–Crippen MR) is 83.0 cm³/mol. The fourth-order valence-electron chi connectivity index (χ4n) is 1.67. The number of hydrogen-bond donors (Lipinski definition) is 2. The topological polar surface area (TPSA) is 83.5 Å². The average Bonchev–Trinajstić information content (AvgIpc) is 2.35. The highest BCUT2D eigenvalue weighted by atomic mass is 32.2. The molecule has 1 unspecified atom stereocenters. The van der Waals surface area contributed by atoms with Crippen LogP contribution in [0, 0.1) is 5.41 Å². The van der Waals surface area contributed by atoms with Gasteiger partial charge in [-0.1, -0.05) is 51.1 Å². The quantitative estimate of drug-likeness (QED) is 0.845. The number of carboxylic acid groups (broad SMARTS) is 1. The van der Waals surface area contributed by atoms with Crippen LogP contribution >= 0.6 is 0 Å². The maximum absolute atomic E-state index is 12.1. The SMILES string of the molecule is CC(C)(C)C(CC(=O)O)NS(=O)(=O)/C=C/c1ccccc1. The first-order valence-electron chi connectivity index (χ1n) is 6.57. The Morgan fingerprint density at radius 2 is 1.86 bits per heavy atom. The molecule has 1 rings (SSSR count). The van der Waals surface area contributed by atoms with Crippen LogP contribution in [0.25, 0.3) is 6.08 Å². The molecule has 0 fully saturated rings. The van der Waals surface area contributed by atoms with Crippen molar-refractivity contribution in [3.63, 3.8) is 0 Å². The first kappa shape index (κ1) is 17.4. The highest BCUT2D eigenvalue weighted by Crippen LogP contribution is 2.22. The van der Waals surface area contributed by atoms with Crippen LogP contribution in [0.5, 0.6) is 0 Å². The van der Waals surface area contributed by atoms with Gasteiger partial charge in [0.15, 0.2) is 0 Å². The maximum Gasteiger partial charge on any atom is 0.304 e. The molecule has 0 aliphatic rings. The molecule has 0 saturated heterocycles. The molecule has 0 bridgehead atoms. The number of benzene rings is 1. The Morgan fingerprint density at radius 1 is 1.29 bits per heavy atom. The largest absolute Gasteiger partial charge is 0.481 e. The summed E-state index contributed by atoms with van der Waals surface area (Å²) < 4.78 is 26.5. The van der Waals surface area contributed by atoms with Crippen molar-refractivity contribution in [1.29, 1.82) is 0 Å². The van der Waals surface area contributed by atoms with Gasteiger partial charge in [-0.25, -0.2) is 13.1 Å². The summed E-state index contributed by atoms with van der Waals surface area (Å²) in [6.45, 7) is 5.39. The Hall–Kier alpha value is -1.66. The molecule has 0 saturated carbocycles. The molecule has 0 heterocycles. The van der Waals surface area contributed by atoms with E-state index in [1.54, 1.807) is 32.9 Å². The van der Waals surface area contributed by atoms with Crippen molar-refractivity contribution in [3.05, 3.63) is 41.3 Å². The summed E-state index contributed by atoms with van der Waals surface area (Å²) in [4.78, 5) is 10.9. The van der Waals surface area contributed by atoms with E-state index < -0.39 is 27.4 Å². The highest BCUT2D eigenvalue weighted by molar-refractivity contribution is 7.92. The fourth-order valence-corrected chi connectivity index (χ4v) is 2.92. The van der Waals surface area contributed by atoms with Crippen LogP contribution in [0.3, 0.4) is 0 Å². The number of hydrogen-bond acceptors (Lipinski definition) is 3. The van der Waals surface area contributed by atoms with E-state index in [9.17, 15) is 13.2 Å². The van der Waals surface area contributed by atoms with Gasteiger partial charge < -0.3 is 5.11 Å². The lowest BCUT2D eigenvalue weighted by atomic mass is 9.85. The van der Waals surface area contributed by atoms with Crippen molar-refractivity contribution in [2.24, 2.45) is 5.41 Å². The summed E-state index contributed by atoms with van der Waals surface area (Å²) in [5, 5.41) is 9.96. The van der Waals surface area contributed by atoms with Crippen LogP contribution in [-0.4, -0.2) is 25.5 Å². The van der Waals surface area contributed by atoms with Gasteiger partial charge >= 0.3 is 5.97 Å². The zero-order valence-corrected chi connectivity index (χ0v) is 13.2. The van der Waals surface area contributed by atoms with Gasteiger partial charge in [0.1, 0.15) is 0 Å². The van der Waals surface area contributed by atoms with Crippen molar-refractivity contribution >= 4 is 22.1 Å². The molecule has 6 heteroatoms. The first-order valence-corrected chi connectivity index (χ1v) is 8.12. The Bertz CT molecular complexity index is 600. The number of sulfonamides is 1. The van der Waals surface area contributed by atoms with Crippen LogP contribution in [-0.2, 0) is 14.8 Å². The van der Waals surface area contributed by atoms with E-state index in [0.29, 0.717) is 0 Å². The summed E-state index contributed by atoms with van der Waals surface area (Å²) in [6, 6.07) is 8.34. The van der Waals surface area contributed by atoms with Crippen LogP contribution in [0.4, 0.5) is 0 Å². The minimum atomic E-state index is -3.70. The van der Waals surface area contributed by atoms with Crippen LogP contribution < -0.4 is 4.72 Å². The molecule has 2 N–H and O–H groups in total. The second-order valence-electron chi connectivity index (χ2n) is 5.89. The van der Waals surface area contributed by atoms with E-state index in [4.69, 9.17) is 5.11 Å². The van der Waals surface area contributed by atoms with Gasteiger partial charge in [0, 0.05) is 11.4 Å². The van der Waals surface area contributed by atoms with Crippen molar-refractivity contribution in [3.8, 4) is 0 Å². The van der Waals surface area contributed by atoms with E-state index in [1.807, 2.05) is 18.2 Å². The lowest BCUT2D eigenvalue weighted by molar-refractivity contribution is -0.138. The second-order valence-corrected chi connectivity index (χ2v) is 7.49. The third-order valence-electron chi connectivity index (χ3n) is 2.97. The number of carboxylic acids is 1. The summed E-state index contributed by atoms with van der Waals surface area (Å²) in [6.07, 6.45) is 1.21. The lowest BCUT2D eigenvalue weighted by Gasteiger charge is -2.29. The minimum absolute atomic E-state index is 0.262. The molecule has 21 heavy (non-hydrogen) atoms. The fraction of sp³-hybridized carbons (Fsp3) is 0.400. The van der Waals surface area contributed by atoms with Gasteiger partial charge in [0.25, 0.3) is 0 Å². The van der Waals surface area contributed by atoms with Crippen LogP contribution in [0.15, 0.2) is 35.7 Å². The van der Waals surface area contributed by atoms with Gasteiger partial charge in [-0.2, -0.15) is 0 Å². The summed E-state index contributed by atoms with van der Waals surface area (Å²) >= 11 is 0. The molecule has 0 amide bonds. The number of aliphatic carboxylic acids is 1. The standard InChI is InChI=1S/C15H21NO4S/c1-15(2,3)13(11-14(17)18)16-21(19,20)10-9-12-7-5-4-6-8-12/h4-10,13,16H,11H2,1-3H3,(H,17,18)/b10-9+. The normalized spacial score (nSPS) is 14.2. The summed E-state index contributed by atoms with van der Waals surface area (Å²) in [7, 11) is -3.70. The molecular formula is C15H21NO4S. The molecule has 5 nitrogen and oxygen atoms in total. The average molecular weight is 311 g/mol. The summed E-state index contributed by atoms with van der Waals surface area (Å²) in [5.41, 5.74) is 0.264. The molecule has 0 radical (unpaired) electrons. The van der Waals surface area contributed by atoms with E-state index in [2.05, 4.69) is 4.72 Å². The Labute approximate surface area is 125 Å². The molecule has 1 aromatic carbocycles. The first-order chi connectivity index (χ1) is 9.60. The Morgan fingerprint density at radius 3 is 2.33 bits per heavy atom. The molecule has 0 aliphatic carbocycles. The van der Waals surface area contributed by atoms with Crippen molar-refractivity contribution in [2.75, 3.05) is 0 Å². The van der Waals surface area contributed by atoms with E-state index in [1.165, 1.54) is 6.08 Å². The highest BCUT2D eigenvalue weighted by Gasteiger charge is 2.29. The third-order valence-corrected chi connectivity index (χ3v) is 4.08. The van der Waals surface area contributed by atoms with Gasteiger partial charge in [-0.3, -0.25) is 4.79 Å². The second kappa shape index (κ2) is 6.87. The Balaban J connectivity index is 2.86. The maximum atomic E-state index is 12.1. The molecule has 1 atom stereocenters. The molecule has 0 aliphatic heterocycles. The van der Waals surface area contributed by atoms with E-state index in [-0.39, 0.29) is 6.42 Å². The number of rotatable bonds is 6. The zero-order chi connectivity index (χ0) is 16.1. The third kappa shape index (κ3) is 6.55. The summed E-state index contributed by atoms with van der Waals surface area (Å²) in [5.74, 6) is -1.04. The van der Waals surface area contributed by atoms with Crippen molar-refractivity contribution in [1.82, 2.24) is 4.72 Å². The molecule has 0 spiro atoms. The van der Waals surface area contributed by atoms with Crippen molar-refractivity contribution < 1.29 is 18.3 Å². The van der Waals surface area contributed by atoms with Gasteiger partial charge in [-0.05, 0) is 17.1 Å². The van der Waals surface area contributed by atoms with Crippen molar-refractivity contribution in [2.45, 2.75) is 33.2 Å². The van der Waals surface area contributed by atoms with Gasteiger partial charge in [0.2, 0.25) is 10.0 Å². The number of carbonyl (C=O) groups is 1. The van der Waals surface area contributed by atoms with E-state index in [0.717, 1.165) is 11.0 Å². The molecule has 116 valence electrons. The molecule has 1 aromatic rings. The van der Waals surface area contributed by atoms with Crippen LogP contribution in [0.2, 0.25) is 0 Å². The Kier molecular flexibility index (Phi) is 5.69. The molecular weight excluding hydrogens is 290 g/mol.